The van der Waals surface area contributed by atoms with E-state index in [2.05, 4.69) is 5.32 Å². The molecule has 0 saturated heterocycles. The molecule has 0 aliphatic rings. The summed E-state index contributed by atoms with van der Waals surface area (Å²) in [5.41, 5.74) is 0.529. The summed E-state index contributed by atoms with van der Waals surface area (Å²) < 4.78 is 33.0. The number of carbonyl (C=O) groups is 1. The van der Waals surface area contributed by atoms with Crippen molar-refractivity contribution in [2.75, 3.05) is 11.4 Å². The zero-order valence-corrected chi connectivity index (χ0v) is 17.2. The van der Waals surface area contributed by atoms with E-state index in [1.54, 1.807) is 66.9 Å². The van der Waals surface area contributed by atoms with Crippen LogP contribution < -0.4 is 9.62 Å². The molecule has 4 rings (SSSR count). The van der Waals surface area contributed by atoms with E-state index in [0.717, 1.165) is 10.1 Å². The average Bonchev–Trinajstić information content (AvgIpc) is 3.41. The first-order chi connectivity index (χ1) is 13.9. The van der Waals surface area contributed by atoms with Crippen molar-refractivity contribution in [3.63, 3.8) is 0 Å². The highest BCUT2D eigenvalue weighted by atomic mass is 32.2. The molecule has 1 amide bonds. The van der Waals surface area contributed by atoms with Gasteiger partial charge in [0.1, 0.15) is 5.76 Å². The molecule has 29 heavy (non-hydrogen) atoms. The lowest BCUT2D eigenvalue weighted by Gasteiger charge is -2.19. The molecule has 0 spiro atoms. The number of rotatable bonds is 6. The highest BCUT2D eigenvalue weighted by molar-refractivity contribution is 7.92. The van der Waals surface area contributed by atoms with E-state index in [0.29, 0.717) is 22.9 Å². The van der Waals surface area contributed by atoms with Gasteiger partial charge in [0.05, 0.1) is 28.3 Å². The van der Waals surface area contributed by atoms with E-state index in [4.69, 9.17) is 4.42 Å². The number of benzene rings is 2. The molecule has 0 unspecified atom stereocenters. The Labute approximate surface area is 172 Å². The maximum absolute atomic E-state index is 12.8. The Morgan fingerprint density at radius 3 is 2.59 bits per heavy atom. The number of fused-ring (bicyclic) bond motifs is 1. The second-order valence-electron chi connectivity index (χ2n) is 6.38. The smallest absolute Gasteiger partial charge is 0.264 e. The van der Waals surface area contributed by atoms with Crippen LogP contribution in [0.25, 0.3) is 10.1 Å². The van der Waals surface area contributed by atoms with E-state index in [1.807, 2.05) is 6.07 Å². The summed E-state index contributed by atoms with van der Waals surface area (Å²) in [5.74, 6) is 0.476. The predicted molar refractivity (Wildman–Crippen MR) is 114 cm³/mol. The number of hydrogen-bond donors (Lipinski definition) is 1. The maximum atomic E-state index is 12.8. The molecule has 0 radical (unpaired) electrons. The van der Waals surface area contributed by atoms with Crippen molar-refractivity contribution in [3.8, 4) is 0 Å². The number of sulfonamides is 1. The molecule has 4 aromatic rings. The molecule has 0 aliphatic carbocycles. The van der Waals surface area contributed by atoms with Gasteiger partial charge in [0, 0.05) is 11.7 Å². The van der Waals surface area contributed by atoms with Crippen molar-refractivity contribution >= 4 is 43.0 Å². The lowest BCUT2D eigenvalue weighted by Crippen LogP contribution is -2.26. The first-order valence-electron chi connectivity index (χ1n) is 8.83. The molecule has 0 atom stereocenters. The summed E-state index contributed by atoms with van der Waals surface area (Å²) in [6, 6.07) is 19.0. The zero-order valence-electron chi connectivity index (χ0n) is 15.5. The molecule has 0 bridgehead atoms. The highest BCUT2D eigenvalue weighted by Gasteiger charge is 2.21. The van der Waals surface area contributed by atoms with Crippen LogP contribution in [0.5, 0.6) is 0 Å². The van der Waals surface area contributed by atoms with Crippen LogP contribution in [-0.4, -0.2) is 21.4 Å². The van der Waals surface area contributed by atoms with Crippen LogP contribution in [0.3, 0.4) is 0 Å². The molecule has 2 aromatic heterocycles. The van der Waals surface area contributed by atoms with Gasteiger partial charge in [-0.3, -0.25) is 9.10 Å². The quantitative estimate of drug-likeness (QED) is 0.500. The second kappa shape index (κ2) is 7.73. The summed E-state index contributed by atoms with van der Waals surface area (Å²) in [6.07, 6.45) is 1.56. The van der Waals surface area contributed by atoms with Crippen molar-refractivity contribution < 1.29 is 17.6 Å². The Bertz CT molecular complexity index is 1250. The number of carbonyl (C=O) groups excluding carboxylic acids is 1. The molecule has 1 N–H and O–H groups in total. The van der Waals surface area contributed by atoms with Crippen LogP contribution in [0.2, 0.25) is 0 Å². The molecule has 0 fully saturated rings. The third-order valence-corrected chi connectivity index (χ3v) is 7.41. The SMILES string of the molecule is CN(c1ccc2sc(C(=O)NCc3ccco3)cc2c1)S(=O)(=O)c1ccccc1. The van der Waals surface area contributed by atoms with Gasteiger partial charge in [-0.1, -0.05) is 18.2 Å². The van der Waals surface area contributed by atoms with Gasteiger partial charge in [-0.2, -0.15) is 0 Å². The molecule has 6 nitrogen and oxygen atoms in total. The van der Waals surface area contributed by atoms with Gasteiger partial charge in [-0.15, -0.1) is 11.3 Å². The van der Waals surface area contributed by atoms with Crippen LogP contribution in [0.1, 0.15) is 15.4 Å². The fourth-order valence-corrected chi connectivity index (χ4v) is 5.06. The van der Waals surface area contributed by atoms with Crippen LogP contribution in [0.4, 0.5) is 5.69 Å². The Balaban J connectivity index is 1.57. The minimum Gasteiger partial charge on any atom is -0.467 e. The Morgan fingerprint density at radius 1 is 1.07 bits per heavy atom. The number of nitrogens with one attached hydrogen (secondary N) is 1. The van der Waals surface area contributed by atoms with Crippen LogP contribution in [-0.2, 0) is 16.6 Å². The van der Waals surface area contributed by atoms with Crippen LogP contribution in [0.15, 0.2) is 82.3 Å². The Morgan fingerprint density at radius 2 is 1.86 bits per heavy atom. The van der Waals surface area contributed by atoms with Gasteiger partial charge < -0.3 is 9.73 Å². The zero-order chi connectivity index (χ0) is 20.4. The van der Waals surface area contributed by atoms with Gasteiger partial charge in [0.15, 0.2) is 0 Å². The van der Waals surface area contributed by atoms with E-state index >= 15 is 0 Å². The summed E-state index contributed by atoms with van der Waals surface area (Å²) in [4.78, 5) is 13.2. The summed E-state index contributed by atoms with van der Waals surface area (Å²) in [5, 5.41) is 3.63. The van der Waals surface area contributed by atoms with Gasteiger partial charge in [0.2, 0.25) is 0 Å². The number of thiophene rings is 1. The van der Waals surface area contributed by atoms with Crippen molar-refractivity contribution in [3.05, 3.63) is 83.6 Å². The van der Waals surface area contributed by atoms with Crippen molar-refractivity contribution in [2.24, 2.45) is 0 Å². The van der Waals surface area contributed by atoms with Gasteiger partial charge >= 0.3 is 0 Å². The fraction of sp³-hybridized carbons (Fsp3) is 0.0952. The highest BCUT2D eigenvalue weighted by Crippen LogP contribution is 2.31. The molecule has 148 valence electrons. The van der Waals surface area contributed by atoms with E-state index in [1.165, 1.54) is 22.7 Å². The fourth-order valence-electron chi connectivity index (χ4n) is 2.90. The predicted octanol–water partition coefficient (Wildman–Crippen LogP) is 4.25. The van der Waals surface area contributed by atoms with Crippen molar-refractivity contribution in [1.29, 1.82) is 0 Å². The van der Waals surface area contributed by atoms with Crippen LogP contribution >= 0.6 is 11.3 Å². The van der Waals surface area contributed by atoms with E-state index in [9.17, 15) is 13.2 Å². The van der Waals surface area contributed by atoms with Gasteiger partial charge in [0.25, 0.3) is 15.9 Å². The van der Waals surface area contributed by atoms with Gasteiger partial charge in [-0.05, 0) is 53.9 Å². The monoisotopic (exact) mass is 426 g/mol. The summed E-state index contributed by atoms with van der Waals surface area (Å²) in [7, 11) is -2.14. The van der Waals surface area contributed by atoms with Gasteiger partial charge in [-0.25, -0.2) is 8.42 Å². The number of furan rings is 1. The molecule has 0 saturated carbocycles. The van der Waals surface area contributed by atoms with Crippen LogP contribution in [0, 0.1) is 0 Å². The van der Waals surface area contributed by atoms with Crippen molar-refractivity contribution in [2.45, 2.75) is 11.4 Å². The maximum Gasteiger partial charge on any atom is 0.264 e. The molecule has 0 aliphatic heterocycles. The Hall–Kier alpha value is -3.10. The third kappa shape index (κ3) is 3.90. The number of nitrogens with zero attached hydrogens (tertiary/aromatic N) is 1. The summed E-state index contributed by atoms with van der Waals surface area (Å²) >= 11 is 1.36. The van der Waals surface area contributed by atoms with E-state index < -0.39 is 10.0 Å². The normalized spacial score (nSPS) is 11.5. The molecule has 2 aromatic carbocycles. The van der Waals surface area contributed by atoms with Crippen molar-refractivity contribution in [1.82, 2.24) is 5.32 Å². The first-order valence-corrected chi connectivity index (χ1v) is 11.1. The summed E-state index contributed by atoms with van der Waals surface area (Å²) in [6.45, 7) is 0.309. The minimum absolute atomic E-state index is 0.200. The number of anilines is 1. The third-order valence-electron chi connectivity index (χ3n) is 4.49. The lowest BCUT2D eigenvalue weighted by molar-refractivity contribution is 0.0952. The van der Waals surface area contributed by atoms with E-state index in [-0.39, 0.29) is 10.8 Å². The molecule has 2 heterocycles. The molecular formula is C21H18N2O4S2. The topological polar surface area (TPSA) is 79.6 Å². The lowest BCUT2D eigenvalue weighted by atomic mass is 10.2. The average molecular weight is 427 g/mol. The largest absolute Gasteiger partial charge is 0.467 e. The first kappa shape index (κ1) is 19.2. The second-order valence-corrected chi connectivity index (χ2v) is 9.43. The number of amides is 1. The Kier molecular flexibility index (Phi) is 5.12. The molecular weight excluding hydrogens is 408 g/mol. The minimum atomic E-state index is -3.66. The molecule has 8 heteroatoms. The standard InChI is InChI=1S/C21H18N2O4S2/c1-23(29(25,26)18-7-3-2-4-8-18)16-9-10-19-15(12-16)13-20(28-19)21(24)22-14-17-6-5-11-27-17/h2-13H,14H2,1H3,(H,22,24). The number of hydrogen-bond acceptors (Lipinski definition) is 5.